The molecule has 0 atom stereocenters. The maximum Gasteiger partial charge on any atom is 0.269 e. The maximum atomic E-state index is 11.9. The standard InChI is InChI=1S/C17H16N2O2/c1-13-6-5-9-15(12-13)16(20)10-11-18-19-17(21)14-7-3-2-4-8-14/h2-12,18H,1H3,(H,19,21). The largest absolute Gasteiger partial charge is 0.305 e. The Hall–Kier alpha value is -2.88. The molecule has 0 aliphatic heterocycles. The van der Waals surface area contributed by atoms with Crippen molar-refractivity contribution >= 4 is 11.7 Å². The second-order valence-corrected chi connectivity index (χ2v) is 4.53. The number of allylic oxidation sites excluding steroid dienone is 1. The van der Waals surface area contributed by atoms with E-state index in [0.717, 1.165) is 5.56 Å². The molecule has 0 heterocycles. The molecule has 21 heavy (non-hydrogen) atoms. The van der Waals surface area contributed by atoms with Gasteiger partial charge >= 0.3 is 0 Å². The van der Waals surface area contributed by atoms with Gasteiger partial charge in [0.25, 0.3) is 5.91 Å². The van der Waals surface area contributed by atoms with Crippen LogP contribution in [-0.4, -0.2) is 11.7 Å². The van der Waals surface area contributed by atoms with E-state index < -0.39 is 0 Å². The van der Waals surface area contributed by atoms with Crippen molar-refractivity contribution in [2.75, 3.05) is 0 Å². The number of amides is 1. The van der Waals surface area contributed by atoms with Crippen LogP contribution >= 0.6 is 0 Å². The summed E-state index contributed by atoms with van der Waals surface area (Å²) in [7, 11) is 0. The summed E-state index contributed by atoms with van der Waals surface area (Å²) in [6.07, 6.45) is 2.78. The highest BCUT2D eigenvalue weighted by Crippen LogP contribution is 2.05. The highest BCUT2D eigenvalue weighted by Gasteiger charge is 2.03. The molecule has 0 aliphatic rings. The van der Waals surface area contributed by atoms with Gasteiger partial charge in [-0.05, 0) is 25.1 Å². The Balaban J connectivity index is 1.86. The Morgan fingerprint density at radius 3 is 2.38 bits per heavy atom. The molecule has 0 fully saturated rings. The molecule has 0 saturated heterocycles. The smallest absolute Gasteiger partial charge is 0.269 e. The molecular weight excluding hydrogens is 264 g/mol. The third kappa shape index (κ3) is 4.31. The lowest BCUT2D eigenvalue weighted by atomic mass is 10.1. The number of ketones is 1. The SMILES string of the molecule is Cc1cccc(C(=O)C=CNNC(=O)c2ccccc2)c1. The van der Waals surface area contributed by atoms with Crippen molar-refractivity contribution in [3.05, 3.63) is 83.6 Å². The Morgan fingerprint density at radius 2 is 1.67 bits per heavy atom. The Labute approximate surface area is 123 Å². The molecule has 0 radical (unpaired) electrons. The van der Waals surface area contributed by atoms with E-state index in [1.807, 2.05) is 31.2 Å². The van der Waals surface area contributed by atoms with Gasteiger partial charge in [0.05, 0.1) is 0 Å². The van der Waals surface area contributed by atoms with E-state index in [0.29, 0.717) is 11.1 Å². The van der Waals surface area contributed by atoms with Crippen LogP contribution < -0.4 is 10.9 Å². The lowest BCUT2D eigenvalue weighted by Crippen LogP contribution is -2.33. The van der Waals surface area contributed by atoms with Gasteiger partial charge in [-0.1, -0.05) is 42.0 Å². The van der Waals surface area contributed by atoms with Crippen molar-refractivity contribution < 1.29 is 9.59 Å². The highest BCUT2D eigenvalue weighted by atomic mass is 16.2. The molecule has 0 aromatic heterocycles. The molecule has 0 bridgehead atoms. The molecule has 2 aromatic rings. The Morgan fingerprint density at radius 1 is 0.952 bits per heavy atom. The second kappa shape index (κ2) is 7.05. The van der Waals surface area contributed by atoms with Crippen LogP contribution in [0.2, 0.25) is 0 Å². The van der Waals surface area contributed by atoms with E-state index in [9.17, 15) is 9.59 Å². The van der Waals surface area contributed by atoms with E-state index in [-0.39, 0.29) is 11.7 Å². The van der Waals surface area contributed by atoms with E-state index in [4.69, 9.17) is 0 Å². The lowest BCUT2D eigenvalue weighted by molar-refractivity contribution is 0.0939. The molecule has 106 valence electrons. The van der Waals surface area contributed by atoms with Crippen LogP contribution in [0.15, 0.2) is 66.9 Å². The number of benzene rings is 2. The average molecular weight is 280 g/mol. The molecule has 1 amide bonds. The van der Waals surface area contributed by atoms with Gasteiger partial charge in [0.15, 0.2) is 5.78 Å². The van der Waals surface area contributed by atoms with Gasteiger partial charge in [0.1, 0.15) is 0 Å². The fraction of sp³-hybridized carbons (Fsp3) is 0.0588. The minimum absolute atomic E-state index is 0.125. The number of carbonyl (C=O) groups excluding carboxylic acids is 2. The molecular formula is C17H16N2O2. The first-order chi connectivity index (χ1) is 10.2. The van der Waals surface area contributed by atoms with E-state index >= 15 is 0 Å². The molecule has 0 unspecified atom stereocenters. The predicted octanol–water partition coefficient (Wildman–Crippen LogP) is 2.63. The summed E-state index contributed by atoms with van der Waals surface area (Å²) < 4.78 is 0. The number of nitrogens with one attached hydrogen (secondary N) is 2. The Bertz CT molecular complexity index is 664. The fourth-order valence-corrected chi connectivity index (χ4v) is 1.78. The molecule has 2 N–H and O–H groups in total. The molecule has 0 aliphatic carbocycles. The molecule has 2 rings (SSSR count). The van der Waals surface area contributed by atoms with Crippen LogP contribution in [-0.2, 0) is 0 Å². The van der Waals surface area contributed by atoms with Gasteiger partial charge in [0, 0.05) is 23.4 Å². The molecule has 2 aromatic carbocycles. The minimum Gasteiger partial charge on any atom is -0.305 e. The van der Waals surface area contributed by atoms with Crippen LogP contribution in [0.3, 0.4) is 0 Å². The summed E-state index contributed by atoms with van der Waals surface area (Å²) in [5, 5.41) is 0. The van der Waals surface area contributed by atoms with Crippen molar-refractivity contribution in [2.45, 2.75) is 6.92 Å². The molecule has 0 spiro atoms. The van der Waals surface area contributed by atoms with Crippen LogP contribution in [0, 0.1) is 6.92 Å². The predicted molar refractivity (Wildman–Crippen MR) is 81.7 cm³/mol. The number of carbonyl (C=O) groups is 2. The number of aryl methyl sites for hydroxylation is 1. The third-order valence-corrected chi connectivity index (χ3v) is 2.84. The zero-order chi connectivity index (χ0) is 15.1. The first-order valence-corrected chi connectivity index (χ1v) is 6.55. The van der Waals surface area contributed by atoms with Gasteiger partial charge in [-0.25, -0.2) is 0 Å². The van der Waals surface area contributed by atoms with Crippen LogP contribution in [0.1, 0.15) is 26.3 Å². The Kier molecular flexibility index (Phi) is 4.88. The monoisotopic (exact) mass is 280 g/mol. The number of hydrazine groups is 1. The van der Waals surface area contributed by atoms with Crippen molar-refractivity contribution in [1.29, 1.82) is 0 Å². The van der Waals surface area contributed by atoms with Crippen molar-refractivity contribution in [2.24, 2.45) is 0 Å². The summed E-state index contributed by atoms with van der Waals surface area (Å²) in [5.41, 5.74) is 7.27. The number of hydrogen-bond acceptors (Lipinski definition) is 3. The quantitative estimate of drug-likeness (QED) is 0.503. The van der Waals surface area contributed by atoms with Gasteiger partial charge in [-0.15, -0.1) is 0 Å². The van der Waals surface area contributed by atoms with Crippen LogP contribution in [0.4, 0.5) is 0 Å². The van der Waals surface area contributed by atoms with Crippen molar-refractivity contribution in [3.63, 3.8) is 0 Å². The fourth-order valence-electron chi connectivity index (χ4n) is 1.78. The normalized spacial score (nSPS) is 10.3. The van der Waals surface area contributed by atoms with Crippen molar-refractivity contribution in [1.82, 2.24) is 10.9 Å². The van der Waals surface area contributed by atoms with Gasteiger partial charge in [0.2, 0.25) is 0 Å². The summed E-state index contributed by atoms with van der Waals surface area (Å²) >= 11 is 0. The third-order valence-electron chi connectivity index (χ3n) is 2.84. The maximum absolute atomic E-state index is 11.9. The summed E-state index contributed by atoms with van der Waals surface area (Å²) in [4.78, 5) is 23.6. The molecule has 4 heteroatoms. The molecule has 0 saturated carbocycles. The summed E-state index contributed by atoms with van der Waals surface area (Å²) in [5.74, 6) is -0.386. The first-order valence-electron chi connectivity index (χ1n) is 6.55. The zero-order valence-corrected chi connectivity index (χ0v) is 11.7. The lowest BCUT2D eigenvalue weighted by Gasteiger charge is -2.03. The first kappa shape index (κ1) is 14.5. The number of hydrogen-bond donors (Lipinski definition) is 2. The topological polar surface area (TPSA) is 58.2 Å². The van der Waals surface area contributed by atoms with E-state index in [1.54, 1.807) is 30.3 Å². The van der Waals surface area contributed by atoms with Gasteiger partial charge in [-0.3, -0.25) is 15.0 Å². The van der Waals surface area contributed by atoms with Crippen LogP contribution in [0.25, 0.3) is 0 Å². The van der Waals surface area contributed by atoms with E-state index in [1.165, 1.54) is 12.3 Å². The summed E-state index contributed by atoms with van der Waals surface area (Å²) in [6.45, 7) is 1.93. The van der Waals surface area contributed by atoms with Gasteiger partial charge < -0.3 is 5.43 Å². The second-order valence-electron chi connectivity index (χ2n) is 4.53. The number of rotatable bonds is 5. The van der Waals surface area contributed by atoms with Crippen LogP contribution in [0.5, 0.6) is 0 Å². The van der Waals surface area contributed by atoms with E-state index in [2.05, 4.69) is 10.9 Å². The average Bonchev–Trinajstić information content (AvgIpc) is 2.52. The minimum atomic E-state index is -0.261. The molecule has 4 nitrogen and oxygen atoms in total. The van der Waals surface area contributed by atoms with Crippen molar-refractivity contribution in [3.8, 4) is 0 Å². The zero-order valence-electron chi connectivity index (χ0n) is 11.7. The summed E-state index contributed by atoms with van der Waals surface area (Å²) in [6, 6.07) is 16.1. The van der Waals surface area contributed by atoms with Gasteiger partial charge in [-0.2, -0.15) is 0 Å². The highest BCUT2D eigenvalue weighted by molar-refractivity contribution is 6.04.